The van der Waals surface area contributed by atoms with Gasteiger partial charge in [-0.25, -0.2) is 0 Å². The zero-order valence-electron chi connectivity index (χ0n) is 16.1. The van der Waals surface area contributed by atoms with Gasteiger partial charge in [0, 0.05) is 40.6 Å². The van der Waals surface area contributed by atoms with E-state index in [2.05, 4.69) is 22.0 Å². The van der Waals surface area contributed by atoms with Gasteiger partial charge in [-0.1, -0.05) is 30.3 Å². The fraction of sp³-hybridized carbons (Fsp3) is 0.0833. The van der Waals surface area contributed by atoms with Crippen molar-refractivity contribution in [3.05, 3.63) is 77.9 Å². The molecule has 0 atom stereocenters. The Balaban J connectivity index is 1.69. The lowest BCUT2D eigenvalue weighted by molar-refractivity contribution is -0.112. The number of aryl methyl sites for hydroxylation is 1. The number of aromatic nitrogens is 1. The summed E-state index contributed by atoms with van der Waals surface area (Å²) in [7, 11) is 3.59. The second-order valence-electron chi connectivity index (χ2n) is 6.71. The largest absolute Gasteiger partial charge is 0.497 e. The molecule has 0 fully saturated rings. The quantitative estimate of drug-likeness (QED) is 0.404. The van der Waals surface area contributed by atoms with Gasteiger partial charge in [0.1, 0.15) is 17.4 Å². The Morgan fingerprint density at radius 1 is 1.03 bits per heavy atom. The van der Waals surface area contributed by atoms with Crippen molar-refractivity contribution in [2.24, 2.45) is 7.05 Å². The van der Waals surface area contributed by atoms with E-state index >= 15 is 0 Å². The summed E-state index contributed by atoms with van der Waals surface area (Å²) in [5.74, 6) is 0.172. The number of anilines is 1. The molecule has 1 heterocycles. The van der Waals surface area contributed by atoms with E-state index in [0.717, 1.165) is 27.4 Å². The van der Waals surface area contributed by atoms with Crippen molar-refractivity contribution in [2.75, 3.05) is 12.4 Å². The first-order valence-electron chi connectivity index (χ1n) is 9.15. The average molecular weight is 381 g/mol. The summed E-state index contributed by atoms with van der Waals surface area (Å²) in [6.45, 7) is 0. The van der Waals surface area contributed by atoms with Gasteiger partial charge in [-0.15, -0.1) is 0 Å². The number of hydrogen-bond acceptors (Lipinski definition) is 3. The number of benzene rings is 3. The zero-order valence-corrected chi connectivity index (χ0v) is 16.1. The van der Waals surface area contributed by atoms with Crippen LogP contribution in [0.5, 0.6) is 5.75 Å². The van der Waals surface area contributed by atoms with Gasteiger partial charge in [-0.2, -0.15) is 5.26 Å². The Kier molecular flexibility index (Phi) is 4.76. The van der Waals surface area contributed by atoms with Crippen LogP contribution in [0, 0.1) is 11.3 Å². The van der Waals surface area contributed by atoms with E-state index in [4.69, 9.17) is 4.74 Å². The number of nitriles is 1. The summed E-state index contributed by atoms with van der Waals surface area (Å²) < 4.78 is 7.30. The van der Waals surface area contributed by atoms with Gasteiger partial charge in [0.05, 0.1) is 7.11 Å². The number of amides is 1. The maximum absolute atomic E-state index is 12.6. The predicted octanol–water partition coefficient (Wildman–Crippen LogP) is 4.89. The first-order chi connectivity index (χ1) is 14.1. The molecule has 0 bridgehead atoms. The lowest BCUT2D eigenvalue weighted by Gasteiger charge is -2.06. The Bertz CT molecular complexity index is 1310. The number of para-hydroxylation sites is 1. The number of carbonyl (C=O) groups is 1. The molecule has 0 aliphatic heterocycles. The Labute approximate surface area is 168 Å². The third kappa shape index (κ3) is 3.44. The van der Waals surface area contributed by atoms with E-state index < -0.39 is 5.91 Å². The highest BCUT2D eigenvalue weighted by Gasteiger charge is 2.12. The lowest BCUT2D eigenvalue weighted by atomic mass is 10.1. The number of rotatable bonds is 4. The summed E-state index contributed by atoms with van der Waals surface area (Å²) in [6.07, 6.45) is 1.61. The number of carbonyl (C=O) groups excluding carboxylic acids is 1. The SMILES string of the molecule is COc1cccc(NC(=O)/C(C#N)=C/c2ccc3c(c2)c2ccccc2n3C)c1. The van der Waals surface area contributed by atoms with Crippen molar-refractivity contribution in [3.8, 4) is 11.8 Å². The fourth-order valence-electron chi connectivity index (χ4n) is 3.49. The molecule has 0 unspecified atom stereocenters. The second kappa shape index (κ2) is 7.53. The van der Waals surface area contributed by atoms with E-state index in [-0.39, 0.29) is 5.57 Å². The van der Waals surface area contributed by atoms with Crippen LogP contribution in [0.4, 0.5) is 5.69 Å². The highest BCUT2D eigenvalue weighted by atomic mass is 16.5. The van der Waals surface area contributed by atoms with E-state index in [1.54, 1.807) is 37.5 Å². The minimum atomic E-state index is -0.459. The first-order valence-corrected chi connectivity index (χ1v) is 9.15. The monoisotopic (exact) mass is 381 g/mol. The normalized spacial score (nSPS) is 11.4. The molecular weight excluding hydrogens is 362 g/mol. The molecule has 0 saturated heterocycles. The zero-order chi connectivity index (χ0) is 20.4. The van der Waals surface area contributed by atoms with Crippen molar-refractivity contribution < 1.29 is 9.53 Å². The van der Waals surface area contributed by atoms with Crippen molar-refractivity contribution in [3.63, 3.8) is 0 Å². The third-order valence-corrected chi connectivity index (χ3v) is 4.94. The Hall–Kier alpha value is -4.04. The minimum absolute atomic E-state index is 0.0346. The molecule has 0 radical (unpaired) electrons. The Morgan fingerprint density at radius 3 is 2.62 bits per heavy atom. The number of hydrogen-bond donors (Lipinski definition) is 1. The van der Waals surface area contributed by atoms with Crippen LogP contribution in [0.15, 0.2) is 72.3 Å². The number of nitrogens with zero attached hydrogens (tertiary/aromatic N) is 2. The molecule has 5 nitrogen and oxygen atoms in total. The molecule has 4 aromatic rings. The van der Waals surface area contributed by atoms with Crippen molar-refractivity contribution in [2.45, 2.75) is 0 Å². The van der Waals surface area contributed by atoms with Gasteiger partial charge in [0.2, 0.25) is 0 Å². The smallest absolute Gasteiger partial charge is 0.266 e. The van der Waals surface area contributed by atoms with Gasteiger partial charge in [0.15, 0.2) is 0 Å². The summed E-state index contributed by atoms with van der Waals surface area (Å²) in [5, 5.41) is 14.5. The highest BCUT2D eigenvalue weighted by Crippen LogP contribution is 2.29. The van der Waals surface area contributed by atoms with E-state index in [0.29, 0.717) is 11.4 Å². The number of methoxy groups -OCH3 is 1. The third-order valence-electron chi connectivity index (χ3n) is 4.94. The summed E-state index contributed by atoms with van der Waals surface area (Å²) in [5.41, 5.74) is 3.64. The lowest BCUT2D eigenvalue weighted by Crippen LogP contribution is -2.13. The van der Waals surface area contributed by atoms with Crippen molar-refractivity contribution in [1.29, 1.82) is 5.26 Å². The van der Waals surface area contributed by atoms with Gasteiger partial charge in [-0.3, -0.25) is 4.79 Å². The van der Waals surface area contributed by atoms with Crippen LogP contribution >= 0.6 is 0 Å². The van der Waals surface area contributed by atoms with Gasteiger partial charge < -0.3 is 14.6 Å². The summed E-state index contributed by atoms with van der Waals surface area (Å²) >= 11 is 0. The topological polar surface area (TPSA) is 67.0 Å². The Morgan fingerprint density at radius 2 is 1.83 bits per heavy atom. The molecule has 0 aliphatic carbocycles. The maximum Gasteiger partial charge on any atom is 0.266 e. The molecule has 0 spiro atoms. The van der Waals surface area contributed by atoms with Crippen molar-refractivity contribution >= 4 is 39.5 Å². The number of fused-ring (bicyclic) bond motifs is 3. The predicted molar refractivity (Wildman–Crippen MR) is 116 cm³/mol. The number of nitrogens with one attached hydrogen (secondary N) is 1. The van der Waals surface area contributed by atoms with Crippen LogP contribution in [0.25, 0.3) is 27.9 Å². The first kappa shape index (κ1) is 18.3. The highest BCUT2D eigenvalue weighted by molar-refractivity contribution is 6.11. The summed E-state index contributed by atoms with van der Waals surface area (Å²) in [6, 6.07) is 23.1. The van der Waals surface area contributed by atoms with Crippen LogP contribution in [0.2, 0.25) is 0 Å². The van der Waals surface area contributed by atoms with E-state index in [9.17, 15) is 10.1 Å². The fourth-order valence-corrected chi connectivity index (χ4v) is 3.49. The number of ether oxygens (including phenoxy) is 1. The molecule has 5 heteroatoms. The molecule has 142 valence electrons. The van der Waals surface area contributed by atoms with Gasteiger partial charge in [-0.05, 0) is 42.0 Å². The molecule has 1 aromatic heterocycles. The molecule has 1 amide bonds. The summed E-state index contributed by atoms with van der Waals surface area (Å²) in [4.78, 5) is 12.6. The maximum atomic E-state index is 12.6. The average Bonchev–Trinajstić information content (AvgIpc) is 3.04. The molecule has 1 N–H and O–H groups in total. The molecular formula is C24H19N3O2. The van der Waals surface area contributed by atoms with Crippen LogP contribution in [0.3, 0.4) is 0 Å². The van der Waals surface area contributed by atoms with Crippen LogP contribution < -0.4 is 10.1 Å². The van der Waals surface area contributed by atoms with Gasteiger partial charge >= 0.3 is 0 Å². The minimum Gasteiger partial charge on any atom is -0.497 e. The molecule has 29 heavy (non-hydrogen) atoms. The van der Waals surface area contributed by atoms with E-state index in [1.807, 2.05) is 43.4 Å². The van der Waals surface area contributed by atoms with Crippen molar-refractivity contribution in [1.82, 2.24) is 4.57 Å². The van der Waals surface area contributed by atoms with Crippen LogP contribution in [-0.4, -0.2) is 17.6 Å². The second-order valence-corrected chi connectivity index (χ2v) is 6.71. The standard InChI is InChI=1S/C24H19N3O2/c1-27-22-9-4-3-8-20(22)21-13-16(10-11-23(21)27)12-17(15-25)24(28)26-18-6-5-7-19(14-18)29-2/h3-14H,1-2H3,(H,26,28)/b17-12+. The molecule has 0 aliphatic rings. The van der Waals surface area contributed by atoms with Gasteiger partial charge in [0.25, 0.3) is 5.91 Å². The van der Waals surface area contributed by atoms with E-state index in [1.165, 1.54) is 0 Å². The van der Waals surface area contributed by atoms with Crippen LogP contribution in [-0.2, 0) is 11.8 Å². The molecule has 3 aromatic carbocycles. The van der Waals surface area contributed by atoms with Crippen LogP contribution in [0.1, 0.15) is 5.56 Å². The molecule has 4 rings (SSSR count). The molecule has 0 saturated carbocycles.